The average molecular weight is 273 g/mol. The molecule has 0 atom stereocenters. The van der Waals surface area contributed by atoms with Gasteiger partial charge in [0.2, 0.25) is 0 Å². The summed E-state index contributed by atoms with van der Waals surface area (Å²) in [6.07, 6.45) is -0.310. The fourth-order valence-corrected chi connectivity index (χ4v) is 1.99. The zero-order valence-electron chi connectivity index (χ0n) is 10.8. The lowest BCUT2D eigenvalue weighted by atomic mass is 10.2. The number of carbonyl (C=O) groups is 1. The summed E-state index contributed by atoms with van der Waals surface area (Å²) in [7, 11) is 0. The van der Waals surface area contributed by atoms with Gasteiger partial charge in [-0.3, -0.25) is 0 Å². The lowest BCUT2D eigenvalue weighted by Gasteiger charge is -2.30. The van der Waals surface area contributed by atoms with Crippen molar-refractivity contribution in [2.45, 2.75) is 45.3 Å². The Bertz CT molecular complexity index is 439. The molecule has 0 saturated heterocycles. The number of alkyl halides is 1. The normalized spacial score (nSPS) is 15.4. The van der Waals surface area contributed by atoms with E-state index in [2.05, 4.69) is 10.3 Å². The summed E-state index contributed by atoms with van der Waals surface area (Å²) in [4.78, 5) is 13.6. The number of aromatic nitrogens is 3. The summed E-state index contributed by atoms with van der Waals surface area (Å²) in [5.74, 6) is 0.303. The zero-order chi connectivity index (χ0) is 13.3. The first-order chi connectivity index (χ1) is 8.40. The smallest absolute Gasteiger partial charge is 0.410 e. The SMILES string of the molecule is CC(C)(C)OC(=O)N1CCn2nnc(CCl)c2C1. The maximum Gasteiger partial charge on any atom is 0.410 e. The summed E-state index contributed by atoms with van der Waals surface area (Å²) in [5.41, 5.74) is 1.13. The molecule has 1 aliphatic rings. The van der Waals surface area contributed by atoms with Gasteiger partial charge in [0.05, 0.1) is 24.7 Å². The van der Waals surface area contributed by atoms with Crippen molar-refractivity contribution in [3.63, 3.8) is 0 Å². The van der Waals surface area contributed by atoms with E-state index in [1.54, 1.807) is 9.58 Å². The van der Waals surface area contributed by atoms with Crippen molar-refractivity contribution in [2.75, 3.05) is 6.54 Å². The predicted octanol–water partition coefficient (Wildman–Crippen LogP) is 1.77. The van der Waals surface area contributed by atoms with Crippen LogP contribution in [0.1, 0.15) is 32.2 Å². The van der Waals surface area contributed by atoms with Crippen LogP contribution in [-0.4, -0.2) is 38.1 Å². The summed E-state index contributed by atoms with van der Waals surface area (Å²) < 4.78 is 7.14. The number of halogens is 1. The van der Waals surface area contributed by atoms with Gasteiger partial charge in [0.15, 0.2) is 0 Å². The first kappa shape index (κ1) is 13.1. The van der Waals surface area contributed by atoms with Gasteiger partial charge in [0.1, 0.15) is 11.3 Å². The lowest BCUT2D eigenvalue weighted by Crippen LogP contribution is -2.41. The fraction of sp³-hybridized carbons (Fsp3) is 0.727. The molecule has 18 heavy (non-hydrogen) atoms. The third-order valence-corrected chi connectivity index (χ3v) is 2.87. The molecule has 0 aromatic carbocycles. The van der Waals surface area contributed by atoms with Crippen LogP contribution in [0.2, 0.25) is 0 Å². The Labute approximate surface area is 111 Å². The van der Waals surface area contributed by atoms with Crippen molar-refractivity contribution in [3.05, 3.63) is 11.4 Å². The first-order valence-electron chi connectivity index (χ1n) is 5.86. The van der Waals surface area contributed by atoms with E-state index < -0.39 is 5.60 Å². The number of hydrogen-bond donors (Lipinski definition) is 0. The van der Waals surface area contributed by atoms with E-state index >= 15 is 0 Å². The first-order valence-corrected chi connectivity index (χ1v) is 6.39. The molecular weight excluding hydrogens is 256 g/mol. The fourth-order valence-electron chi connectivity index (χ4n) is 1.78. The molecular formula is C11H17ClN4O2. The van der Waals surface area contributed by atoms with Gasteiger partial charge in [0, 0.05) is 6.54 Å². The van der Waals surface area contributed by atoms with E-state index in [1.807, 2.05) is 20.8 Å². The number of ether oxygens (including phenoxy) is 1. The second-order valence-electron chi connectivity index (χ2n) is 5.24. The Morgan fingerprint density at radius 3 is 2.78 bits per heavy atom. The van der Waals surface area contributed by atoms with Gasteiger partial charge in [-0.2, -0.15) is 0 Å². The molecule has 0 fully saturated rings. The van der Waals surface area contributed by atoms with E-state index in [1.165, 1.54) is 0 Å². The maximum absolute atomic E-state index is 12.0. The predicted molar refractivity (Wildman–Crippen MR) is 66.2 cm³/mol. The Hall–Kier alpha value is -1.30. The Morgan fingerprint density at radius 1 is 1.44 bits per heavy atom. The van der Waals surface area contributed by atoms with Gasteiger partial charge < -0.3 is 9.64 Å². The van der Waals surface area contributed by atoms with Crippen molar-refractivity contribution in [3.8, 4) is 0 Å². The second kappa shape index (κ2) is 4.76. The number of carbonyl (C=O) groups excluding carboxylic acids is 1. The van der Waals surface area contributed by atoms with Gasteiger partial charge in [-0.25, -0.2) is 9.48 Å². The third kappa shape index (κ3) is 2.75. The Balaban J connectivity index is 2.09. The summed E-state index contributed by atoms with van der Waals surface area (Å²) in [6.45, 7) is 7.20. The average Bonchev–Trinajstić information content (AvgIpc) is 2.68. The van der Waals surface area contributed by atoms with Crippen LogP contribution in [0.25, 0.3) is 0 Å². The molecule has 0 saturated carbocycles. The highest BCUT2D eigenvalue weighted by molar-refractivity contribution is 6.16. The van der Waals surface area contributed by atoms with E-state index in [4.69, 9.17) is 16.3 Å². The number of hydrogen-bond acceptors (Lipinski definition) is 4. The molecule has 2 rings (SSSR count). The van der Waals surface area contributed by atoms with Crippen LogP contribution < -0.4 is 0 Å². The summed E-state index contributed by atoms with van der Waals surface area (Å²) in [6, 6.07) is 0. The Kier molecular flexibility index (Phi) is 3.47. The monoisotopic (exact) mass is 272 g/mol. The molecule has 1 amide bonds. The summed E-state index contributed by atoms with van der Waals surface area (Å²) >= 11 is 5.79. The highest BCUT2D eigenvalue weighted by Crippen LogP contribution is 2.18. The standard InChI is InChI=1S/C11H17ClN4O2/c1-11(2,3)18-10(17)15-4-5-16-9(7-15)8(6-12)13-14-16/h4-7H2,1-3H3. The van der Waals surface area contributed by atoms with E-state index in [0.717, 1.165) is 11.4 Å². The van der Waals surface area contributed by atoms with Crippen LogP contribution in [0.5, 0.6) is 0 Å². The highest BCUT2D eigenvalue weighted by Gasteiger charge is 2.28. The molecule has 0 aliphatic carbocycles. The van der Waals surface area contributed by atoms with Crippen LogP contribution >= 0.6 is 11.6 Å². The molecule has 1 aromatic rings. The molecule has 7 heteroatoms. The molecule has 1 aliphatic heterocycles. The topological polar surface area (TPSA) is 60.2 Å². The summed E-state index contributed by atoms with van der Waals surface area (Å²) in [5, 5.41) is 7.99. The lowest BCUT2D eigenvalue weighted by molar-refractivity contribution is 0.0193. The van der Waals surface area contributed by atoms with Gasteiger partial charge in [-0.15, -0.1) is 16.7 Å². The quantitative estimate of drug-likeness (QED) is 0.731. The minimum absolute atomic E-state index is 0.303. The number of nitrogens with zero attached hydrogens (tertiary/aromatic N) is 4. The highest BCUT2D eigenvalue weighted by atomic mass is 35.5. The van der Waals surface area contributed by atoms with Gasteiger partial charge >= 0.3 is 6.09 Å². The Morgan fingerprint density at radius 2 is 2.17 bits per heavy atom. The van der Waals surface area contributed by atoms with Crippen molar-refractivity contribution in [1.82, 2.24) is 19.9 Å². The molecule has 1 aromatic heterocycles. The van der Waals surface area contributed by atoms with E-state index in [0.29, 0.717) is 25.5 Å². The largest absolute Gasteiger partial charge is 0.444 e. The second-order valence-corrected chi connectivity index (χ2v) is 5.51. The van der Waals surface area contributed by atoms with E-state index in [9.17, 15) is 4.79 Å². The third-order valence-electron chi connectivity index (χ3n) is 2.62. The minimum Gasteiger partial charge on any atom is -0.444 e. The molecule has 0 N–H and O–H groups in total. The number of amides is 1. The molecule has 0 radical (unpaired) electrons. The number of rotatable bonds is 1. The minimum atomic E-state index is -0.484. The molecule has 6 nitrogen and oxygen atoms in total. The van der Waals surface area contributed by atoms with Gasteiger partial charge in [-0.1, -0.05) is 5.21 Å². The van der Waals surface area contributed by atoms with Crippen molar-refractivity contribution in [2.24, 2.45) is 0 Å². The van der Waals surface area contributed by atoms with E-state index in [-0.39, 0.29) is 6.09 Å². The number of fused-ring (bicyclic) bond motifs is 1. The van der Waals surface area contributed by atoms with Crippen LogP contribution in [0, 0.1) is 0 Å². The van der Waals surface area contributed by atoms with Crippen LogP contribution in [-0.2, 0) is 23.7 Å². The molecule has 100 valence electrons. The molecule has 2 heterocycles. The maximum atomic E-state index is 12.0. The van der Waals surface area contributed by atoms with Crippen molar-refractivity contribution < 1.29 is 9.53 Å². The molecule has 0 bridgehead atoms. The molecule has 0 unspecified atom stereocenters. The van der Waals surface area contributed by atoms with Crippen LogP contribution in [0.3, 0.4) is 0 Å². The molecule has 0 spiro atoms. The van der Waals surface area contributed by atoms with Gasteiger partial charge in [0.25, 0.3) is 0 Å². The van der Waals surface area contributed by atoms with Crippen LogP contribution in [0.15, 0.2) is 0 Å². The van der Waals surface area contributed by atoms with Crippen LogP contribution in [0.4, 0.5) is 4.79 Å². The van der Waals surface area contributed by atoms with Gasteiger partial charge in [-0.05, 0) is 20.8 Å². The zero-order valence-corrected chi connectivity index (χ0v) is 11.6. The van der Waals surface area contributed by atoms with Crippen molar-refractivity contribution >= 4 is 17.7 Å². The van der Waals surface area contributed by atoms with Crippen molar-refractivity contribution in [1.29, 1.82) is 0 Å².